The highest BCUT2D eigenvalue weighted by Crippen LogP contribution is 2.48. The van der Waals surface area contributed by atoms with Crippen molar-refractivity contribution < 1.29 is 29.9 Å². The molecule has 6 nitrogen and oxygen atoms in total. The molecule has 2 aliphatic carbocycles. The Morgan fingerprint density at radius 2 is 1.97 bits per heavy atom. The lowest BCUT2D eigenvalue weighted by atomic mass is 9.73. The van der Waals surface area contributed by atoms with Gasteiger partial charge in [-0.2, -0.15) is 0 Å². The van der Waals surface area contributed by atoms with Gasteiger partial charge in [-0.25, -0.2) is 0 Å². The van der Waals surface area contributed by atoms with E-state index in [9.17, 15) is 15.3 Å². The van der Waals surface area contributed by atoms with Gasteiger partial charge in [0.25, 0.3) is 0 Å². The van der Waals surface area contributed by atoms with E-state index in [-0.39, 0.29) is 37.9 Å². The molecule has 6 heteroatoms. The molecular weight excluding hydrogens is 396 g/mol. The first-order valence-electron chi connectivity index (χ1n) is 12.0. The number of aliphatic hydroxyl groups excluding tert-OH is 4. The number of unbranched alkanes of at least 4 members (excludes halogenated alkanes) is 2. The Morgan fingerprint density at radius 1 is 1.13 bits per heavy atom. The van der Waals surface area contributed by atoms with Crippen molar-refractivity contribution in [2.75, 3.05) is 19.8 Å². The van der Waals surface area contributed by atoms with Crippen LogP contribution in [-0.4, -0.2) is 58.7 Å². The number of hydrogen-bond donors (Lipinski definition) is 4. The van der Waals surface area contributed by atoms with Gasteiger partial charge in [-0.1, -0.05) is 38.3 Å². The van der Waals surface area contributed by atoms with E-state index < -0.39 is 6.29 Å². The Labute approximate surface area is 186 Å². The van der Waals surface area contributed by atoms with Crippen molar-refractivity contribution in [2.45, 2.75) is 83.2 Å². The van der Waals surface area contributed by atoms with E-state index in [1.807, 2.05) is 12.1 Å². The molecule has 1 fully saturated rings. The zero-order valence-electron chi connectivity index (χ0n) is 18.8. The minimum Gasteiger partial charge on any atom is -0.488 e. The predicted octanol–water partition coefficient (Wildman–Crippen LogP) is 2.83. The second-order valence-corrected chi connectivity index (χ2v) is 9.28. The minimum absolute atomic E-state index is 0.0196. The fourth-order valence-electron chi connectivity index (χ4n) is 5.50. The molecule has 4 N–H and O–H groups in total. The zero-order chi connectivity index (χ0) is 22.2. The van der Waals surface area contributed by atoms with Gasteiger partial charge in [-0.15, -0.1) is 0 Å². The third-order valence-electron chi connectivity index (χ3n) is 7.10. The molecule has 0 spiro atoms. The lowest BCUT2D eigenvalue weighted by Crippen LogP contribution is -2.28. The molecule has 1 unspecified atom stereocenters. The highest BCUT2D eigenvalue weighted by molar-refractivity contribution is 5.43. The first-order valence-corrected chi connectivity index (χ1v) is 12.0. The van der Waals surface area contributed by atoms with E-state index in [2.05, 4.69) is 13.0 Å². The van der Waals surface area contributed by atoms with Crippen molar-refractivity contribution in [2.24, 2.45) is 17.8 Å². The van der Waals surface area contributed by atoms with Crippen molar-refractivity contribution in [1.82, 2.24) is 0 Å². The van der Waals surface area contributed by atoms with E-state index in [4.69, 9.17) is 14.6 Å². The average Bonchev–Trinajstić information content (AvgIpc) is 3.07. The molecule has 1 aromatic rings. The summed E-state index contributed by atoms with van der Waals surface area (Å²) in [6.07, 6.45) is 6.90. The predicted molar refractivity (Wildman–Crippen MR) is 119 cm³/mol. The van der Waals surface area contributed by atoms with Crippen LogP contribution in [0.4, 0.5) is 0 Å². The van der Waals surface area contributed by atoms with Gasteiger partial charge in [0.1, 0.15) is 12.4 Å². The van der Waals surface area contributed by atoms with Crippen LogP contribution in [0.1, 0.15) is 63.0 Å². The second-order valence-electron chi connectivity index (χ2n) is 9.28. The standard InChI is InChI=1S/C25H40O6/c1-2-3-4-7-19(27)9-10-20-21-13-17-6-5-8-24(31-16-25(29)30-12-11-26)22(17)14-18(21)15-23(20)28/h5-6,8,18-21,23,25-29H,2-4,7,9-16H2,1H3/t18-,19-,20+,21-,23+,25?/m0/s1. The summed E-state index contributed by atoms with van der Waals surface area (Å²) < 4.78 is 10.9. The highest BCUT2D eigenvalue weighted by atomic mass is 16.6. The number of aliphatic hydroxyl groups is 4. The van der Waals surface area contributed by atoms with E-state index in [0.717, 1.165) is 57.1 Å². The third-order valence-corrected chi connectivity index (χ3v) is 7.10. The molecule has 0 aromatic heterocycles. The maximum Gasteiger partial charge on any atom is 0.189 e. The lowest BCUT2D eigenvalue weighted by Gasteiger charge is -2.32. The molecule has 3 rings (SSSR count). The first-order chi connectivity index (χ1) is 15.0. The molecule has 0 saturated heterocycles. The summed E-state index contributed by atoms with van der Waals surface area (Å²) in [6.45, 7) is 2.13. The summed E-state index contributed by atoms with van der Waals surface area (Å²) in [7, 11) is 0. The van der Waals surface area contributed by atoms with Gasteiger partial charge in [-0.05, 0) is 73.5 Å². The van der Waals surface area contributed by atoms with Crippen molar-refractivity contribution in [3.63, 3.8) is 0 Å². The maximum atomic E-state index is 10.8. The van der Waals surface area contributed by atoms with Gasteiger partial charge in [0.05, 0.1) is 25.4 Å². The normalized spacial score (nSPS) is 26.9. The van der Waals surface area contributed by atoms with Crippen LogP contribution in [0.3, 0.4) is 0 Å². The zero-order valence-corrected chi connectivity index (χ0v) is 18.8. The van der Waals surface area contributed by atoms with Crippen LogP contribution in [-0.2, 0) is 17.6 Å². The molecule has 176 valence electrons. The molecule has 2 aliphatic rings. The van der Waals surface area contributed by atoms with Gasteiger partial charge in [0.2, 0.25) is 0 Å². The summed E-state index contributed by atoms with van der Waals surface area (Å²) in [5.41, 5.74) is 2.43. The van der Waals surface area contributed by atoms with Gasteiger partial charge < -0.3 is 29.9 Å². The van der Waals surface area contributed by atoms with E-state index in [0.29, 0.717) is 11.8 Å². The van der Waals surface area contributed by atoms with Crippen LogP contribution >= 0.6 is 0 Å². The Balaban J connectivity index is 1.58. The number of ether oxygens (including phenoxy) is 2. The first kappa shape index (κ1) is 24.5. The van der Waals surface area contributed by atoms with Crippen LogP contribution in [0, 0.1) is 17.8 Å². The molecule has 0 aliphatic heterocycles. The number of hydrogen-bond acceptors (Lipinski definition) is 6. The summed E-state index contributed by atoms with van der Waals surface area (Å²) in [5.74, 6) is 1.88. The lowest BCUT2D eigenvalue weighted by molar-refractivity contribution is -0.125. The Bertz CT molecular complexity index is 665. The SMILES string of the molecule is CCCCC[C@H](O)CC[C@@H]1[C@H]2Cc3cccc(OCC(O)OCCO)c3C[C@H]2C[C@H]1O. The average molecular weight is 437 g/mol. The van der Waals surface area contributed by atoms with Gasteiger partial charge in [0.15, 0.2) is 6.29 Å². The molecule has 0 radical (unpaired) electrons. The maximum absolute atomic E-state index is 10.8. The topological polar surface area (TPSA) is 99.4 Å². The fourth-order valence-corrected chi connectivity index (χ4v) is 5.50. The fraction of sp³-hybridized carbons (Fsp3) is 0.760. The molecule has 6 atom stereocenters. The monoisotopic (exact) mass is 436 g/mol. The highest BCUT2D eigenvalue weighted by Gasteiger charge is 2.44. The van der Waals surface area contributed by atoms with Crippen molar-refractivity contribution in [3.05, 3.63) is 29.3 Å². The third kappa shape index (κ3) is 6.65. The molecule has 0 bridgehead atoms. The van der Waals surface area contributed by atoms with E-state index in [1.54, 1.807) is 0 Å². The number of rotatable bonds is 13. The summed E-state index contributed by atoms with van der Waals surface area (Å²) >= 11 is 0. The minimum atomic E-state index is -1.07. The smallest absolute Gasteiger partial charge is 0.189 e. The van der Waals surface area contributed by atoms with E-state index >= 15 is 0 Å². The quantitative estimate of drug-likeness (QED) is 0.280. The molecule has 0 amide bonds. The molecule has 1 aromatic carbocycles. The van der Waals surface area contributed by atoms with Crippen LogP contribution in [0.25, 0.3) is 0 Å². The van der Waals surface area contributed by atoms with Crippen LogP contribution < -0.4 is 4.74 Å². The summed E-state index contributed by atoms with van der Waals surface area (Å²) in [4.78, 5) is 0. The Morgan fingerprint density at radius 3 is 2.74 bits per heavy atom. The molecular formula is C25H40O6. The Hall–Kier alpha value is -1.18. The second kappa shape index (κ2) is 12.2. The van der Waals surface area contributed by atoms with Crippen LogP contribution in [0.5, 0.6) is 5.75 Å². The van der Waals surface area contributed by atoms with Gasteiger partial charge in [-0.3, -0.25) is 0 Å². The summed E-state index contributed by atoms with van der Waals surface area (Å²) in [6, 6.07) is 6.04. The number of benzene rings is 1. The Kier molecular flexibility index (Phi) is 9.60. The number of fused-ring (bicyclic) bond motifs is 2. The van der Waals surface area contributed by atoms with Crippen LogP contribution in [0.2, 0.25) is 0 Å². The largest absolute Gasteiger partial charge is 0.488 e. The summed E-state index contributed by atoms with van der Waals surface area (Å²) in [5, 5.41) is 39.7. The van der Waals surface area contributed by atoms with Gasteiger partial charge in [0, 0.05) is 0 Å². The van der Waals surface area contributed by atoms with Crippen molar-refractivity contribution >= 4 is 0 Å². The molecule has 0 heterocycles. The molecule has 31 heavy (non-hydrogen) atoms. The van der Waals surface area contributed by atoms with Crippen molar-refractivity contribution in [3.8, 4) is 5.75 Å². The van der Waals surface area contributed by atoms with Crippen molar-refractivity contribution in [1.29, 1.82) is 0 Å². The van der Waals surface area contributed by atoms with E-state index in [1.165, 1.54) is 17.5 Å². The molecule has 1 saturated carbocycles. The van der Waals surface area contributed by atoms with Crippen LogP contribution in [0.15, 0.2) is 18.2 Å². The van der Waals surface area contributed by atoms with Gasteiger partial charge >= 0.3 is 0 Å².